The fourth-order valence-corrected chi connectivity index (χ4v) is 3.36. The average Bonchev–Trinajstić information content (AvgIpc) is 2.80. The molecule has 20 heavy (non-hydrogen) atoms. The maximum Gasteiger partial charge on any atom is 0.0479 e. The quantitative estimate of drug-likeness (QED) is 0.527. The van der Waals surface area contributed by atoms with Gasteiger partial charge in [0.1, 0.15) is 0 Å². The van der Waals surface area contributed by atoms with Gasteiger partial charge < -0.3 is 10.3 Å². The van der Waals surface area contributed by atoms with Crippen molar-refractivity contribution in [1.82, 2.24) is 4.98 Å². The summed E-state index contributed by atoms with van der Waals surface area (Å²) in [5.41, 5.74) is 3.35. The second kappa shape index (κ2) is 5.84. The maximum absolute atomic E-state index is 5.99. The van der Waals surface area contributed by atoms with Gasteiger partial charge in [-0.1, -0.05) is 29.3 Å². The molecule has 3 rings (SSSR count). The first kappa shape index (κ1) is 14.0. The Labute approximate surface area is 140 Å². The fraction of sp³-hybridized carbons (Fsp3) is 0.0667. The molecule has 0 aliphatic heterocycles. The van der Waals surface area contributed by atoms with Gasteiger partial charge >= 0.3 is 0 Å². The van der Waals surface area contributed by atoms with Gasteiger partial charge in [-0.05, 0) is 58.5 Å². The highest BCUT2D eigenvalue weighted by molar-refractivity contribution is 14.1. The van der Waals surface area contributed by atoms with Gasteiger partial charge in [-0.3, -0.25) is 0 Å². The van der Waals surface area contributed by atoms with Gasteiger partial charge in [0.15, 0.2) is 0 Å². The van der Waals surface area contributed by atoms with Crippen molar-refractivity contribution in [1.29, 1.82) is 0 Å². The highest BCUT2D eigenvalue weighted by atomic mass is 127. The van der Waals surface area contributed by atoms with E-state index in [4.69, 9.17) is 23.2 Å². The minimum atomic E-state index is 0.742. The minimum absolute atomic E-state index is 0.742. The standard InChI is InChI=1S/C15H11Cl2IN2/c16-10-2-4-14(13(18)5-10)19-7-9-8-20-15-6-11(17)1-3-12(9)15/h1-6,8,19-20H,7H2. The molecular formula is C15H11Cl2IN2. The van der Waals surface area contributed by atoms with Gasteiger partial charge in [-0.15, -0.1) is 0 Å². The fourth-order valence-electron chi connectivity index (χ4n) is 2.13. The number of halogens is 3. The third kappa shape index (κ3) is 2.90. The molecule has 0 atom stereocenters. The average molecular weight is 417 g/mol. The third-order valence-electron chi connectivity index (χ3n) is 3.13. The summed E-state index contributed by atoms with van der Waals surface area (Å²) >= 11 is 14.2. The molecule has 0 unspecified atom stereocenters. The van der Waals surface area contributed by atoms with Gasteiger partial charge in [-0.25, -0.2) is 0 Å². The second-order valence-corrected chi connectivity index (χ2v) is 6.52. The monoisotopic (exact) mass is 416 g/mol. The van der Waals surface area contributed by atoms with Crippen molar-refractivity contribution in [3.63, 3.8) is 0 Å². The van der Waals surface area contributed by atoms with Crippen LogP contribution in [0.15, 0.2) is 42.6 Å². The molecule has 0 aliphatic rings. The van der Waals surface area contributed by atoms with Crippen LogP contribution in [-0.2, 0) is 6.54 Å². The number of rotatable bonds is 3. The molecule has 1 heterocycles. The van der Waals surface area contributed by atoms with E-state index in [-0.39, 0.29) is 0 Å². The highest BCUT2D eigenvalue weighted by Gasteiger charge is 2.05. The largest absolute Gasteiger partial charge is 0.380 e. The van der Waals surface area contributed by atoms with E-state index in [1.807, 2.05) is 42.6 Å². The molecule has 2 aromatic carbocycles. The Kier molecular flexibility index (Phi) is 4.10. The molecule has 0 radical (unpaired) electrons. The zero-order chi connectivity index (χ0) is 14.1. The van der Waals surface area contributed by atoms with Crippen LogP contribution >= 0.6 is 45.8 Å². The molecule has 0 aliphatic carbocycles. The van der Waals surface area contributed by atoms with Gasteiger partial charge in [0, 0.05) is 42.9 Å². The normalized spacial score (nSPS) is 10.9. The summed E-state index contributed by atoms with van der Waals surface area (Å²) in [6.07, 6.45) is 2.01. The number of fused-ring (bicyclic) bond motifs is 1. The van der Waals surface area contributed by atoms with Crippen LogP contribution in [0.2, 0.25) is 10.0 Å². The number of nitrogens with one attached hydrogen (secondary N) is 2. The van der Waals surface area contributed by atoms with Crippen LogP contribution in [0.3, 0.4) is 0 Å². The van der Waals surface area contributed by atoms with Crippen molar-refractivity contribution in [2.24, 2.45) is 0 Å². The Hall–Kier alpha value is -0.910. The van der Waals surface area contributed by atoms with E-state index in [0.29, 0.717) is 0 Å². The molecule has 2 N–H and O–H groups in total. The number of anilines is 1. The van der Waals surface area contributed by atoms with E-state index < -0.39 is 0 Å². The third-order valence-corrected chi connectivity index (χ3v) is 4.49. The van der Waals surface area contributed by atoms with E-state index >= 15 is 0 Å². The lowest BCUT2D eigenvalue weighted by Gasteiger charge is -2.08. The van der Waals surface area contributed by atoms with Crippen molar-refractivity contribution in [3.05, 3.63) is 61.8 Å². The number of aromatic amines is 1. The van der Waals surface area contributed by atoms with E-state index in [1.165, 1.54) is 10.9 Å². The zero-order valence-electron chi connectivity index (χ0n) is 10.4. The molecule has 0 saturated heterocycles. The second-order valence-electron chi connectivity index (χ2n) is 4.48. The lowest BCUT2D eigenvalue weighted by atomic mass is 10.2. The molecule has 1 aromatic heterocycles. The molecule has 0 saturated carbocycles. The van der Waals surface area contributed by atoms with Crippen molar-refractivity contribution in [2.75, 3.05) is 5.32 Å². The van der Waals surface area contributed by atoms with Gasteiger partial charge in [0.2, 0.25) is 0 Å². The Bertz CT molecular complexity index is 768. The van der Waals surface area contributed by atoms with E-state index in [9.17, 15) is 0 Å². The zero-order valence-corrected chi connectivity index (χ0v) is 14.1. The number of benzene rings is 2. The van der Waals surface area contributed by atoms with Crippen LogP contribution in [0.4, 0.5) is 5.69 Å². The van der Waals surface area contributed by atoms with Crippen molar-refractivity contribution in [3.8, 4) is 0 Å². The van der Waals surface area contributed by atoms with Crippen LogP contribution in [-0.4, -0.2) is 4.98 Å². The van der Waals surface area contributed by atoms with E-state index in [1.54, 1.807) is 0 Å². The van der Waals surface area contributed by atoms with E-state index in [0.717, 1.165) is 31.4 Å². The molecule has 3 aromatic rings. The summed E-state index contributed by atoms with van der Waals surface area (Å²) in [4.78, 5) is 3.24. The molecule has 5 heteroatoms. The highest BCUT2D eigenvalue weighted by Crippen LogP contribution is 2.25. The molecule has 0 spiro atoms. The van der Waals surface area contributed by atoms with Crippen LogP contribution in [0, 0.1) is 3.57 Å². The number of aromatic nitrogens is 1. The SMILES string of the molecule is Clc1ccc(NCc2c[nH]c3cc(Cl)ccc23)c(I)c1. The number of hydrogen-bond acceptors (Lipinski definition) is 1. The van der Waals surface area contributed by atoms with Crippen LogP contribution in [0.5, 0.6) is 0 Å². The van der Waals surface area contributed by atoms with Crippen molar-refractivity contribution in [2.45, 2.75) is 6.54 Å². The van der Waals surface area contributed by atoms with Gasteiger partial charge in [-0.2, -0.15) is 0 Å². The van der Waals surface area contributed by atoms with Crippen LogP contribution in [0.25, 0.3) is 10.9 Å². The smallest absolute Gasteiger partial charge is 0.0479 e. The summed E-state index contributed by atoms with van der Waals surface area (Å²) in [5, 5.41) is 6.11. The summed E-state index contributed by atoms with van der Waals surface area (Å²) in [5.74, 6) is 0. The first-order valence-corrected chi connectivity index (χ1v) is 7.91. The van der Waals surface area contributed by atoms with Gasteiger partial charge in [0.05, 0.1) is 0 Å². The Morgan fingerprint density at radius 1 is 1.05 bits per heavy atom. The maximum atomic E-state index is 5.99. The molecule has 0 bridgehead atoms. The lowest BCUT2D eigenvalue weighted by Crippen LogP contribution is -2.00. The Morgan fingerprint density at radius 3 is 2.60 bits per heavy atom. The summed E-state index contributed by atoms with van der Waals surface area (Å²) in [6.45, 7) is 0.749. The summed E-state index contributed by atoms with van der Waals surface area (Å²) in [6, 6.07) is 11.7. The van der Waals surface area contributed by atoms with Crippen molar-refractivity contribution < 1.29 is 0 Å². The Morgan fingerprint density at radius 2 is 1.80 bits per heavy atom. The minimum Gasteiger partial charge on any atom is -0.380 e. The van der Waals surface area contributed by atoms with E-state index in [2.05, 4.69) is 32.9 Å². The predicted molar refractivity (Wildman–Crippen MR) is 94.8 cm³/mol. The van der Waals surface area contributed by atoms with Crippen LogP contribution in [0.1, 0.15) is 5.56 Å². The van der Waals surface area contributed by atoms with Crippen molar-refractivity contribution >= 4 is 62.4 Å². The van der Waals surface area contributed by atoms with Gasteiger partial charge in [0.25, 0.3) is 0 Å². The summed E-state index contributed by atoms with van der Waals surface area (Å²) in [7, 11) is 0. The first-order valence-electron chi connectivity index (χ1n) is 6.08. The first-order chi connectivity index (χ1) is 9.63. The van der Waals surface area contributed by atoms with Crippen LogP contribution < -0.4 is 5.32 Å². The number of hydrogen-bond donors (Lipinski definition) is 2. The lowest BCUT2D eigenvalue weighted by molar-refractivity contribution is 1.16. The molecule has 102 valence electrons. The molecule has 2 nitrogen and oxygen atoms in total. The molecule has 0 amide bonds. The molecule has 0 fully saturated rings. The summed E-state index contributed by atoms with van der Waals surface area (Å²) < 4.78 is 1.11. The Balaban J connectivity index is 1.83. The topological polar surface area (TPSA) is 27.8 Å². The number of H-pyrrole nitrogens is 1. The molecular weight excluding hydrogens is 406 g/mol. The predicted octanol–water partition coefficient (Wildman–Crippen LogP) is 5.69.